The highest BCUT2D eigenvalue weighted by Crippen LogP contribution is 2.22. The summed E-state index contributed by atoms with van der Waals surface area (Å²) in [6, 6.07) is 10.7. The van der Waals surface area contributed by atoms with Gasteiger partial charge in [-0.15, -0.1) is 0 Å². The van der Waals surface area contributed by atoms with Crippen molar-refractivity contribution in [1.29, 1.82) is 0 Å². The number of hydrogen-bond donors (Lipinski definition) is 2. The number of carbonyl (C=O) groups is 2. The number of rotatable bonds is 9. The van der Waals surface area contributed by atoms with E-state index in [-0.39, 0.29) is 10.8 Å². The fourth-order valence-corrected chi connectivity index (χ4v) is 3.66. The molecule has 2 N–H and O–H groups in total. The zero-order chi connectivity index (χ0) is 23.0. The van der Waals surface area contributed by atoms with Gasteiger partial charge in [0.1, 0.15) is 11.5 Å². The number of nitrogens with one attached hydrogen (secondary N) is 2. The Bertz CT molecular complexity index is 1070. The van der Waals surface area contributed by atoms with Crippen molar-refractivity contribution in [2.45, 2.75) is 11.8 Å². The lowest BCUT2D eigenvalue weighted by molar-refractivity contribution is -0.121. The van der Waals surface area contributed by atoms with Crippen LogP contribution in [0.4, 0.5) is 5.69 Å². The van der Waals surface area contributed by atoms with E-state index in [1.807, 2.05) is 0 Å². The molecular weight excluding hydrogens is 424 g/mol. The lowest BCUT2D eigenvalue weighted by Gasteiger charge is -2.16. The molecule has 31 heavy (non-hydrogen) atoms. The van der Waals surface area contributed by atoms with Gasteiger partial charge in [0.15, 0.2) is 0 Å². The van der Waals surface area contributed by atoms with Gasteiger partial charge in [0.05, 0.1) is 31.9 Å². The van der Waals surface area contributed by atoms with Gasteiger partial charge in [-0.25, -0.2) is 13.8 Å². The zero-order valence-electron chi connectivity index (χ0n) is 17.6. The van der Waals surface area contributed by atoms with E-state index in [1.165, 1.54) is 58.7 Å². The summed E-state index contributed by atoms with van der Waals surface area (Å²) in [6.45, 7) is 0.909. The normalized spacial score (nSPS) is 11.4. The number of hydrogen-bond acceptors (Lipinski definition) is 7. The average Bonchev–Trinajstić information content (AvgIpc) is 2.73. The molecule has 0 aliphatic carbocycles. The smallest absolute Gasteiger partial charge is 0.255 e. The Morgan fingerprint density at radius 3 is 2.35 bits per heavy atom. The molecule has 0 radical (unpaired) electrons. The van der Waals surface area contributed by atoms with Crippen LogP contribution in [0.15, 0.2) is 52.5 Å². The maximum absolute atomic E-state index is 12.6. The minimum Gasteiger partial charge on any atom is -0.497 e. The fourth-order valence-electron chi connectivity index (χ4n) is 2.53. The van der Waals surface area contributed by atoms with Gasteiger partial charge in [-0.3, -0.25) is 9.59 Å². The number of hydrazone groups is 1. The van der Waals surface area contributed by atoms with Gasteiger partial charge in [0.25, 0.3) is 5.91 Å². The minimum absolute atomic E-state index is 0.0125. The third kappa shape index (κ3) is 6.52. The van der Waals surface area contributed by atoms with Crippen molar-refractivity contribution in [3.05, 3.63) is 48.0 Å². The van der Waals surface area contributed by atoms with Crippen molar-refractivity contribution in [3.8, 4) is 11.5 Å². The molecule has 2 rings (SSSR count). The van der Waals surface area contributed by atoms with Gasteiger partial charge >= 0.3 is 0 Å². The summed E-state index contributed by atoms with van der Waals surface area (Å²) in [5, 5.41) is 6.40. The predicted octanol–water partition coefficient (Wildman–Crippen LogP) is 1.43. The van der Waals surface area contributed by atoms with Gasteiger partial charge in [0, 0.05) is 25.2 Å². The van der Waals surface area contributed by atoms with Crippen LogP contribution in [-0.4, -0.2) is 58.6 Å². The van der Waals surface area contributed by atoms with Crippen molar-refractivity contribution in [1.82, 2.24) is 9.73 Å². The molecule has 0 aliphatic heterocycles. The molecular formula is C20H24N4O6S. The Hall–Kier alpha value is -3.44. The molecule has 0 fully saturated rings. The maximum Gasteiger partial charge on any atom is 0.255 e. The van der Waals surface area contributed by atoms with Crippen LogP contribution >= 0.6 is 0 Å². The van der Waals surface area contributed by atoms with Crippen molar-refractivity contribution in [2.24, 2.45) is 5.10 Å². The molecule has 2 aromatic carbocycles. The third-order valence-corrected chi connectivity index (χ3v) is 5.90. The second-order valence-corrected chi connectivity index (χ2v) is 8.41. The van der Waals surface area contributed by atoms with Gasteiger partial charge in [-0.2, -0.15) is 9.41 Å². The molecule has 2 aromatic rings. The highest BCUT2D eigenvalue weighted by molar-refractivity contribution is 7.89. The molecule has 0 atom stereocenters. The summed E-state index contributed by atoms with van der Waals surface area (Å²) in [4.78, 5) is 23.2. The second kappa shape index (κ2) is 10.5. The summed E-state index contributed by atoms with van der Waals surface area (Å²) in [7, 11) is 0.401. The number of likely N-dealkylation sites (N-methyl/N-ethyl adjacent to an activating group) is 1. The monoisotopic (exact) mass is 448 g/mol. The van der Waals surface area contributed by atoms with E-state index in [0.717, 1.165) is 4.31 Å². The molecule has 10 nitrogen and oxygen atoms in total. The van der Waals surface area contributed by atoms with E-state index in [9.17, 15) is 18.0 Å². The molecule has 0 saturated heterocycles. The van der Waals surface area contributed by atoms with Gasteiger partial charge in [0.2, 0.25) is 15.9 Å². The first-order valence-corrected chi connectivity index (χ1v) is 10.5. The van der Waals surface area contributed by atoms with Crippen LogP contribution in [0.1, 0.15) is 12.5 Å². The fraction of sp³-hybridized carbons (Fsp3) is 0.250. The van der Waals surface area contributed by atoms with Crippen molar-refractivity contribution < 1.29 is 27.5 Å². The number of sulfonamides is 1. The van der Waals surface area contributed by atoms with Crippen molar-refractivity contribution in [2.75, 3.05) is 33.1 Å². The van der Waals surface area contributed by atoms with E-state index in [4.69, 9.17) is 9.47 Å². The molecule has 0 heterocycles. The Kier molecular flexibility index (Phi) is 8.11. The quantitative estimate of drug-likeness (QED) is 0.441. The van der Waals surface area contributed by atoms with Gasteiger partial charge < -0.3 is 14.8 Å². The average molecular weight is 449 g/mol. The molecule has 11 heteroatoms. The number of carbonyl (C=O) groups excluding carboxylic acids is 2. The Morgan fingerprint density at radius 2 is 1.77 bits per heavy atom. The summed E-state index contributed by atoms with van der Waals surface area (Å²) in [6.07, 6.45) is 1.37. The molecule has 2 amide bonds. The van der Waals surface area contributed by atoms with Crippen LogP contribution in [0.2, 0.25) is 0 Å². The van der Waals surface area contributed by atoms with Crippen molar-refractivity contribution in [3.63, 3.8) is 0 Å². The third-order valence-electron chi connectivity index (χ3n) is 4.08. The van der Waals surface area contributed by atoms with Crippen LogP contribution in [0.5, 0.6) is 11.5 Å². The van der Waals surface area contributed by atoms with E-state index >= 15 is 0 Å². The lowest BCUT2D eigenvalue weighted by atomic mass is 10.2. The summed E-state index contributed by atoms with van der Waals surface area (Å²) in [5.74, 6) is 0.223. The first kappa shape index (κ1) is 23.8. The Labute approximate surface area is 180 Å². The van der Waals surface area contributed by atoms with E-state index in [2.05, 4.69) is 15.8 Å². The molecule has 0 unspecified atom stereocenters. The SMILES string of the molecule is COc1ccc(OC)c(/C=N\NC(=O)CN(C)S(=O)(=O)c2ccc(NC(C)=O)cc2)c1. The standard InChI is InChI=1S/C20H24N4O6S/c1-14(25)22-16-5-8-18(9-6-16)31(27,28)24(2)13-20(26)23-21-12-15-11-17(29-3)7-10-19(15)30-4/h5-12H,13H2,1-4H3,(H,22,25)(H,23,26)/b21-12-. The number of ether oxygens (including phenoxy) is 2. The topological polar surface area (TPSA) is 126 Å². The largest absolute Gasteiger partial charge is 0.497 e. The molecule has 0 aromatic heterocycles. The second-order valence-electron chi connectivity index (χ2n) is 6.37. The van der Waals surface area contributed by atoms with Crippen LogP contribution < -0.4 is 20.2 Å². The summed E-state index contributed by atoms with van der Waals surface area (Å²) in [5.41, 5.74) is 3.32. The molecule has 0 saturated carbocycles. The number of amides is 2. The Morgan fingerprint density at radius 1 is 1.10 bits per heavy atom. The van der Waals surface area contributed by atoms with Crippen LogP contribution in [0.25, 0.3) is 0 Å². The first-order chi connectivity index (χ1) is 14.7. The minimum atomic E-state index is -3.90. The highest BCUT2D eigenvalue weighted by atomic mass is 32.2. The van der Waals surface area contributed by atoms with Gasteiger partial charge in [-0.1, -0.05) is 0 Å². The summed E-state index contributed by atoms with van der Waals surface area (Å²) < 4.78 is 36.5. The lowest BCUT2D eigenvalue weighted by Crippen LogP contribution is -2.36. The molecule has 0 bridgehead atoms. The number of methoxy groups -OCH3 is 2. The number of benzene rings is 2. The maximum atomic E-state index is 12.6. The predicted molar refractivity (Wildman–Crippen MR) is 116 cm³/mol. The van der Waals surface area contributed by atoms with Crippen LogP contribution in [-0.2, 0) is 19.6 Å². The van der Waals surface area contributed by atoms with E-state index in [0.29, 0.717) is 22.7 Å². The number of nitrogens with zero attached hydrogens (tertiary/aromatic N) is 2. The van der Waals surface area contributed by atoms with E-state index in [1.54, 1.807) is 18.2 Å². The molecule has 0 spiro atoms. The van der Waals surface area contributed by atoms with Gasteiger partial charge in [-0.05, 0) is 42.5 Å². The first-order valence-electron chi connectivity index (χ1n) is 9.05. The Balaban J connectivity index is 2.01. The molecule has 0 aliphatic rings. The van der Waals surface area contributed by atoms with Crippen LogP contribution in [0, 0.1) is 0 Å². The highest BCUT2D eigenvalue weighted by Gasteiger charge is 2.22. The van der Waals surface area contributed by atoms with E-state index < -0.39 is 22.5 Å². The zero-order valence-corrected chi connectivity index (χ0v) is 18.4. The van der Waals surface area contributed by atoms with Crippen LogP contribution in [0.3, 0.4) is 0 Å². The summed E-state index contributed by atoms with van der Waals surface area (Å²) >= 11 is 0. The van der Waals surface area contributed by atoms with Crippen molar-refractivity contribution >= 4 is 33.7 Å². The molecule has 166 valence electrons. The number of anilines is 1.